The van der Waals surface area contributed by atoms with Gasteiger partial charge in [-0.3, -0.25) is 4.79 Å². The number of benzene rings is 1. The van der Waals surface area contributed by atoms with E-state index in [0.29, 0.717) is 13.2 Å². The van der Waals surface area contributed by atoms with Crippen molar-refractivity contribution in [2.45, 2.75) is 20.8 Å². The summed E-state index contributed by atoms with van der Waals surface area (Å²) in [5, 5.41) is 4.00. The summed E-state index contributed by atoms with van der Waals surface area (Å²) >= 11 is 0. The van der Waals surface area contributed by atoms with E-state index in [1.807, 2.05) is 39.0 Å². The molecule has 102 valence electrons. The molecule has 1 aromatic rings. The predicted molar refractivity (Wildman–Crippen MR) is 73.8 cm³/mol. The Bertz CT molecular complexity index is 511. The number of oxime groups is 1. The lowest BCUT2D eigenvalue weighted by molar-refractivity contribution is -0.121. The zero-order chi connectivity index (χ0) is 13.8. The molecule has 0 atom stereocenters. The monoisotopic (exact) mass is 262 g/mol. The Morgan fingerprint density at radius 1 is 1.47 bits per heavy atom. The number of rotatable bonds is 4. The minimum absolute atomic E-state index is 0.0217. The van der Waals surface area contributed by atoms with Gasteiger partial charge in [-0.25, -0.2) is 0 Å². The van der Waals surface area contributed by atoms with Gasteiger partial charge in [-0.2, -0.15) is 0 Å². The van der Waals surface area contributed by atoms with Crippen molar-refractivity contribution in [1.82, 2.24) is 0 Å². The third-order valence-corrected chi connectivity index (χ3v) is 2.97. The molecule has 5 heteroatoms. The van der Waals surface area contributed by atoms with E-state index in [9.17, 15) is 4.79 Å². The number of hydrogen-bond acceptors (Lipinski definition) is 4. The molecule has 1 heterocycles. The van der Waals surface area contributed by atoms with Crippen LogP contribution < -0.4 is 9.64 Å². The van der Waals surface area contributed by atoms with Crippen LogP contribution in [0.15, 0.2) is 23.4 Å². The second-order valence-electron chi connectivity index (χ2n) is 4.20. The van der Waals surface area contributed by atoms with Crippen LogP contribution in [0.25, 0.3) is 0 Å². The molecule has 19 heavy (non-hydrogen) atoms. The van der Waals surface area contributed by atoms with Gasteiger partial charge in [0.2, 0.25) is 0 Å². The third kappa shape index (κ3) is 2.70. The number of carbonyl (C=O) groups is 1. The van der Waals surface area contributed by atoms with Gasteiger partial charge >= 0.3 is 0 Å². The lowest BCUT2D eigenvalue weighted by Crippen LogP contribution is -2.38. The molecule has 5 nitrogen and oxygen atoms in total. The largest absolute Gasteiger partial charge is 0.482 e. The normalized spacial score (nSPS) is 15.0. The molecule has 1 amide bonds. The molecule has 0 radical (unpaired) electrons. The molecule has 1 aromatic carbocycles. The van der Waals surface area contributed by atoms with E-state index < -0.39 is 0 Å². The third-order valence-electron chi connectivity index (χ3n) is 2.97. The van der Waals surface area contributed by atoms with Crippen LogP contribution in [0.5, 0.6) is 5.75 Å². The van der Waals surface area contributed by atoms with Gasteiger partial charge < -0.3 is 14.5 Å². The Hall–Kier alpha value is -2.04. The van der Waals surface area contributed by atoms with E-state index in [0.717, 1.165) is 22.7 Å². The predicted octanol–water partition coefficient (Wildman–Crippen LogP) is 2.19. The quantitative estimate of drug-likeness (QED) is 0.617. The maximum atomic E-state index is 11.8. The van der Waals surface area contributed by atoms with E-state index >= 15 is 0 Å². The fourth-order valence-electron chi connectivity index (χ4n) is 1.99. The minimum atomic E-state index is -0.0217. The van der Waals surface area contributed by atoms with Crippen LogP contribution in [0.1, 0.15) is 26.3 Å². The summed E-state index contributed by atoms with van der Waals surface area (Å²) in [5.41, 5.74) is 2.49. The van der Waals surface area contributed by atoms with Crippen LogP contribution in [0.2, 0.25) is 0 Å². The van der Waals surface area contributed by atoms with Crippen LogP contribution in [0.4, 0.5) is 5.69 Å². The molecule has 0 fully saturated rings. The van der Waals surface area contributed by atoms with Crippen molar-refractivity contribution >= 4 is 17.3 Å². The molecule has 0 N–H and O–H groups in total. The number of likely N-dealkylation sites (N-methyl/N-ethyl adjacent to an activating group) is 1. The molecule has 1 aliphatic heterocycles. The van der Waals surface area contributed by atoms with Crippen LogP contribution in [0, 0.1) is 0 Å². The lowest BCUT2D eigenvalue weighted by atomic mass is 10.1. The zero-order valence-corrected chi connectivity index (χ0v) is 11.5. The van der Waals surface area contributed by atoms with Crippen LogP contribution in [0.3, 0.4) is 0 Å². The van der Waals surface area contributed by atoms with Crippen molar-refractivity contribution in [3.8, 4) is 5.75 Å². The molecule has 0 aromatic heterocycles. The fourth-order valence-corrected chi connectivity index (χ4v) is 1.99. The molecular weight excluding hydrogens is 244 g/mol. The lowest BCUT2D eigenvalue weighted by Gasteiger charge is -2.28. The fraction of sp³-hybridized carbons (Fsp3) is 0.429. The van der Waals surface area contributed by atoms with E-state index in [-0.39, 0.29) is 12.5 Å². The number of hydrogen-bond donors (Lipinski definition) is 0. The highest BCUT2D eigenvalue weighted by Crippen LogP contribution is 2.32. The van der Waals surface area contributed by atoms with Gasteiger partial charge in [-0.15, -0.1) is 0 Å². The Morgan fingerprint density at radius 2 is 2.26 bits per heavy atom. The van der Waals surface area contributed by atoms with E-state index in [1.54, 1.807) is 4.90 Å². The molecule has 1 aliphatic rings. The van der Waals surface area contributed by atoms with Crippen molar-refractivity contribution in [2.24, 2.45) is 5.16 Å². The highest BCUT2D eigenvalue weighted by atomic mass is 16.6. The van der Waals surface area contributed by atoms with Crippen molar-refractivity contribution < 1.29 is 14.4 Å². The van der Waals surface area contributed by atoms with Gasteiger partial charge in [-0.1, -0.05) is 5.16 Å². The first-order chi connectivity index (χ1) is 9.17. The Balaban J connectivity index is 2.36. The summed E-state index contributed by atoms with van der Waals surface area (Å²) in [7, 11) is 0. The van der Waals surface area contributed by atoms with E-state index in [4.69, 9.17) is 9.57 Å². The first-order valence-electron chi connectivity index (χ1n) is 6.41. The molecule has 0 saturated carbocycles. The molecule has 0 spiro atoms. The number of fused-ring (bicyclic) bond motifs is 1. The average Bonchev–Trinajstić information content (AvgIpc) is 2.44. The second-order valence-corrected chi connectivity index (χ2v) is 4.20. The van der Waals surface area contributed by atoms with Crippen LogP contribution in [-0.2, 0) is 9.63 Å². The van der Waals surface area contributed by atoms with Crippen molar-refractivity contribution in [2.75, 3.05) is 24.7 Å². The van der Waals surface area contributed by atoms with Gasteiger partial charge in [0.1, 0.15) is 12.4 Å². The van der Waals surface area contributed by atoms with E-state index in [1.165, 1.54) is 0 Å². The van der Waals surface area contributed by atoms with Gasteiger partial charge in [-0.05, 0) is 39.0 Å². The molecule has 0 bridgehead atoms. The Kier molecular flexibility index (Phi) is 4.04. The first-order valence-corrected chi connectivity index (χ1v) is 6.41. The van der Waals surface area contributed by atoms with Crippen LogP contribution >= 0.6 is 0 Å². The smallest absolute Gasteiger partial charge is 0.265 e. The van der Waals surface area contributed by atoms with E-state index in [2.05, 4.69) is 5.16 Å². The highest BCUT2D eigenvalue weighted by molar-refractivity contribution is 6.02. The number of amides is 1. The Labute approximate surface area is 112 Å². The summed E-state index contributed by atoms with van der Waals surface area (Å²) in [5.74, 6) is 0.709. The summed E-state index contributed by atoms with van der Waals surface area (Å²) in [4.78, 5) is 18.6. The van der Waals surface area contributed by atoms with Gasteiger partial charge in [0, 0.05) is 12.1 Å². The highest BCUT2D eigenvalue weighted by Gasteiger charge is 2.24. The number of nitrogens with zero attached hydrogens (tertiary/aromatic N) is 2. The topological polar surface area (TPSA) is 51.1 Å². The summed E-state index contributed by atoms with van der Waals surface area (Å²) < 4.78 is 5.42. The summed E-state index contributed by atoms with van der Waals surface area (Å²) in [6, 6.07) is 5.69. The first kappa shape index (κ1) is 13.4. The molecule has 0 aliphatic carbocycles. The SMILES string of the molecule is CCO/N=C(\C)c1ccc2c(c1)N(CC)C(=O)CO2. The number of carbonyl (C=O) groups excluding carboxylic acids is 1. The van der Waals surface area contributed by atoms with Gasteiger partial charge in [0.25, 0.3) is 5.91 Å². The van der Waals surface area contributed by atoms with Crippen molar-refractivity contribution in [3.05, 3.63) is 23.8 Å². The molecule has 0 saturated heterocycles. The zero-order valence-electron chi connectivity index (χ0n) is 11.5. The second kappa shape index (κ2) is 5.73. The Morgan fingerprint density at radius 3 is 2.95 bits per heavy atom. The van der Waals surface area contributed by atoms with Crippen molar-refractivity contribution in [1.29, 1.82) is 0 Å². The van der Waals surface area contributed by atoms with Gasteiger partial charge in [0.05, 0.1) is 11.4 Å². The van der Waals surface area contributed by atoms with Gasteiger partial charge in [0.15, 0.2) is 6.61 Å². The number of anilines is 1. The molecular formula is C14H18N2O3. The summed E-state index contributed by atoms with van der Waals surface area (Å²) in [6.07, 6.45) is 0. The standard InChI is InChI=1S/C14H18N2O3/c1-4-16-12-8-11(10(3)15-19-5-2)6-7-13(12)18-9-14(16)17/h6-8H,4-5,9H2,1-3H3/b15-10+. The average molecular weight is 262 g/mol. The molecule has 2 rings (SSSR count). The number of ether oxygens (including phenoxy) is 1. The molecule has 0 unspecified atom stereocenters. The summed E-state index contributed by atoms with van der Waals surface area (Å²) in [6.45, 7) is 6.96. The van der Waals surface area contributed by atoms with Crippen LogP contribution in [-0.4, -0.2) is 31.4 Å². The maximum absolute atomic E-state index is 11.8. The van der Waals surface area contributed by atoms with Crippen molar-refractivity contribution in [3.63, 3.8) is 0 Å². The maximum Gasteiger partial charge on any atom is 0.265 e. The minimum Gasteiger partial charge on any atom is -0.482 e.